The van der Waals surface area contributed by atoms with Crippen LogP contribution in [0.4, 0.5) is 17.5 Å². The SMILES string of the molecule is Nc1nc2c(c(=O)[nH]1)N=C(COP(=O)(O)O)CN2. The number of hydrogen-bond acceptors (Lipinski definition) is 7. The molecule has 0 amide bonds. The van der Waals surface area contributed by atoms with Gasteiger partial charge in [0.05, 0.1) is 18.9 Å². The van der Waals surface area contributed by atoms with Crippen molar-refractivity contribution >= 4 is 31.0 Å². The molecule has 98 valence electrons. The number of aliphatic imine (C=N–C) groups is 1. The molecule has 0 saturated heterocycles. The van der Waals surface area contributed by atoms with Gasteiger partial charge in [0, 0.05) is 0 Å². The monoisotopic (exact) mass is 275 g/mol. The van der Waals surface area contributed by atoms with Gasteiger partial charge in [0.1, 0.15) is 0 Å². The Balaban J connectivity index is 2.25. The minimum Gasteiger partial charge on any atom is -0.369 e. The van der Waals surface area contributed by atoms with Crippen molar-refractivity contribution in [3.05, 3.63) is 10.4 Å². The maximum absolute atomic E-state index is 11.5. The number of phosphoric acid groups is 1. The molecule has 0 atom stereocenters. The highest BCUT2D eigenvalue weighted by molar-refractivity contribution is 7.46. The van der Waals surface area contributed by atoms with Crippen molar-refractivity contribution in [2.24, 2.45) is 4.99 Å². The average Bonchev–Trinajstić information content (AvgIpc) is 2.25. The second-order valence-corrected chi connectivity index (χ2v) is 4.68. The van der Waals surface area contributed by atoms with E-state index in [-0.39, 0.29) is 36.3 Å². The molecule has 2 heterocycles. The molecule has 11 heteroatoms. The predicted molar refractivity (Wildman–Crippen MR) is 62.9 cm³/mol. The van der Waals surface area contributed by atoms with E-state index in [4.69, 9.17) is 15.5 Å². The summed E-state index contributed by atoms with van der Waals surface area (Å²) in [7, 11) is -4.57. The normalized spacial score (nSPS) is 14.7. The molecule has 10 nitrogen and oxygen atoms in total. The fraction of sp³-hybridized carbons (Fsp3) is 0.286. The summed E-state index contributed by atoms with van der Waals surface area (Å²) in [6.07, 6.45) is 0. The fourth-order valence-corrected chi connectivity index (χ4v) is 1.65. The van der Waals surface area contributed by atoms with Gasteiger partial charge in [-0.05, 0) is 0 Å². The third-order valence-corrected chi connectivity index (χ3v) is 2.51. The lowest BCUT2D eigenvalue weighted by molar-refractivity contribution is 0.221. The Hall–Kier alpha value is -1.74. The van der Waals surface area contributed by atoms with Gasteiger partial charge in [0.2, 0.25) is 5.95 Å². The van der Waals surface area contributed by atoms with Crippen LogP contribution >= 0.6 is 7.82 Å². The predicted octanol–water partition coefficient (Wildman–Crippen LogP) is -1.04. The molecule has 1 aromatic heterocycles. The molecule has 6 N–H and O–H groups in total. The summed E-state index contributed by atoms with van der Waals surface area (Å²) < 4.78 is 14.8. The third kappa shape index (κ3) is 2.93. The molecule has 0 spiro atoms. The molecule has 18 heavy (non-hydrogen) atoms. The Morgan fingerprint density at radius 3 is 2.89 bits per heavy atom. The van der Waals surface area contributed by atoms with Crippen molar-refractivity contribution in [2.75, 3.05) is 24.2 Å². The summed E-state index contributed by atoms with van der Waals surface area (Å²) in [5.41, 5.74) is 5.07. The van der Waals surface area contributed by atoms with Crippen LogP contribution in [0.25, 0.3) is 0 Å². The van der Waals surface area contributed by atoms with E-state index in [2.05, 4.69) is 24.8 Å². The van der Waals surface area contributed by atoms with Gasteiger partial charge >= 0.3 is 7.82 Å². The average molecular weight is 275 g/mol. The number of nitrogens with zero attached hydrogens (tertiary/aromatic N) is 2. The van der Waals surface area contributed by atoms with Gasteiger partial charge < -0.3 is 20.8 Å². The van der Waals surface area contributed by atoms with E-state index in [0.29, 0.717) is 0 Å². The van der Waals surface area contributed by atoms with Crippen molar-refractivity contribution in [1.82, 2.24) is 9.97 Å². The summed E-state index contributed by atoms with van der Waals surface area (Å²) in [6, 6.07) is 0. The molecule has 0 bridgehead atoms. The summed E-state index contributed by atoms with van der Waals surface area (Å²) in [6.45, 7) is -0.233. The maximum Gasteiger partial charge on any atom is 0.469 e. The molecular formula is C7H10N5O5P. The first-order chi connectivity index (χ1) is 8.35. The van der Waals surface area contributed by atoms with E-state index in [1.807, 2.05) is 0 Å². The van der Waals surface area contributed by atoms with Crippen molar-refractivity contribution in [2.45, 2.75) is 0 Å². The van der Waals surface area contributed by atoms with Crippen molar-refractivity contribution in [3.8, 4) is 0 Å². The first-order valence-corrected chi connectivity index (χ1v) is 6.28. The molecule has 0 aliphatic carbocycles. The van der Waals surface area contributed by atoms with Crippen molar-refractivity contribution in [1.29, 1.82) is 0 Å². The van der Waals surface area contributed by atoms with E-state index in [1.165, 1.54) is 0 Å². The topological polar surface area (TPSA) is 163 Å². The quantitative estimate of drug-likeness (QED) is 0.436. The molecule has 0 radical (unpaired) electrons. The number of nitrogens with two attached hydrogens (primary N) is 1. The van der Waals surface area contributed by atoms with Crippen LogP contribution in [0.1, 0.15) is 0 Å². The second kappa shape index (κ2) is 4.50. The van der Waals surface area contributed by atoms with Crippen LogP contribution in [0.15, 0.2) is 9.79 Å². The van der Waals surface area contributed by atoms with Crippen LogP contribution in [-0.4, -0.2) is 38.6 Å². The highest BCUT2D eigenvalue weighted by Crippen LogP contribution is 2.35. The van der Waals surface area contributed by atoms with Crippen LogP contribution in [0.5, 0.6) is 0 Å². The molecule has 1 aromatic rings. The first kappa shape index (κ1) is 12.7. The van der Waals surface area contributed by atoms with E-state index < -0.39 is 13.4 Å². The van der Waals surface area contributed by atoms with E-state index in [9.17, 15) is 9.36 Å². The number of aromatic amines is 1. The zero-order valence-corrected chi connectivity index (χ0v) is 9.85. The Labute approximate surface area is 100 Å². The van der Waals surface area contributed by atoms with Crippen LogP contribution in [0.3, 0.4) is 0 Å². The lowest BCUT2D eigenvalue weighted by Gasteiger charge is -2.16. The summed E-state index contributed by atoms with van der Waals surface area (Å²) in [5.74, 6) is 0.174. The number of nitrogens with one attached hydrogen (secondary N) is 2. The van der Waals surface area contributed by atoms with Gasteiger partial charge in [0.15, 0.2) is 11.5 Å². The molecule has 0 fully saturated rings. The van der Waals surface area contributed by atoms with Gasteiger partial charge in [-0.25, -0.2) is 9.56 Å². The van der Waals surface area contributed by atoms with Gasteiger partial charge in [-0.2, -0.15) is 4.98 Å². The van der Waals surface area contributed by atoms with E-state index >= 15 is 0 Å². The number of hydrogen-bond donors (Lipinski definition) is 5. The molecular weight excluding hydrogens is 265 g/mol. The van der Waals surface area contributed by atoms with Gasteiger partial charge in [-0.1, -0.05) is 0 Å². The largest absolute Gasteiger partial charge is 0.469 e. The number of anilines is 2. The zero-order chi connectivity index (χ0) is 13.3. The summed E-state index contributed by atoms with van der Waals surface area (Å²) in [4.78, 5) is 38.6. The number of fused-ring (bicyclic) bond motifs is 1. The third-order valence-electron chi connectivity index (χ3n) is 2.04. The molecule has 0 aromatic carbocycles. The van der Waals surface area contributed by atoms with E-state index in [0.717, 1.165) is 0 Å². The lowest BCUT2D eigenvalue weighted by Crippen LogP contribution is -2.26. The molecule has 1 aliphatic heterocycles. The van der Waals surface area contributed by atoms with Gasteiger partial charge in [-0.3, -0.25) is 14.3 Å². The lowest BCUT2D eigenvalue weighted by atomic mass is 10.3. The van der Waals surface area contributed by atoms with Crippen LogP contribution < -0.4 is 16.6 Å². The van der Waals surface area contributed by atoms with Gasteiger partial charge in [0.25, 0.3) is 5.56 Å². The van der Waals surface area contributed by atoms with Gasteiger partial charge in [-0.15, -0.1) is 0 Å². The van der Waals surface area contributed by atoms with Crippen molar-refractivity contribution < 1.29 is 18.9 Å². The summed E-state index contributed by atoms with van der Waals surface area (Å²) in [5, 5.41) is 2.76. The minimum absolute atomic E-state index is 0.000220. The number of H-pyrrole nitrogens is 1. The Morgan fingerprint density at radius 1 is 1.50 bits per heavy atom. The Kier molecular flexibility index (Phi) is 3.18. The smallest absolute Gasteiger partial charge is 0.369 e. The number of aromatic nitrogens is 2. The molecule has 2 rings (SSSR count). The molecule has 1 aliphatic rings. The first-order valence-electron chi connectivity index (χ1n) is 4.75. The molecule has 0 saturated carbocycles. The Morgan fingerprint density at radius 2 is 2.22 bits per heavy atom. The van der Waals surface area contributed by atoms with Crippen LogP contribution in [0.2, 0.25) is 0 Å². The zero-order valence-electron chi connectivity index (χ0n) is 8.95. The standard InChI is InChI=1S/C7H10N5O5P/c8-7-11-5-4(6(13)12-7)10-3(1-9-5)2-17-18(14,15)16/h1-2H2,(H2,14,15,16)(H4,8,9,11,12,13). The van der Waals surface area contributed by atoms with Crippen LogP contribution in [0, 0.1) is 0 Å². The van der Waals surface area contributed by atoms with Crippen LogP contribution in [-0.2, 0) is 9.09 Å². The highest BCUT2D eigenvalue weighted by atomic mass is 31.2. The van der Waals surface area contributed by atoms with Crippen molar-refractivity contribution in [3.63, 3.8) is 0 Å². The minimum atomic E-state index is -4.57. The highest BCUT2D eigenvalue weighted by Gasteiger charge is 2.20. The number of nitrogen functional groups attached to an aromatic ring is 1. The molecule has 0 unspecified atom stereocenters. The fourth-order valence-electron chi connectivity index (χ4n) is 1.34. The van der Waals surface area contributed by atoms with E-state index in [1.54, 1.807) is 0 Å². The Bertz CT molecular complexity index is 605. The number of phosphoric ester groups is 1. The second-order valence-electron chi connectivity index (χ2n) is 3.44. The number of rotatable bonds is 3. The summed E-state index contributed by atoms with van der Waals surface area (Å²) >= 11 is 0. The maximum atomic E-state index is 11.5.